The molecule has 68 heavy (non-hydrogen) atoms. The van der Waals surface area contributed by atoms with E-state index in [9.17, 15) is 49.8 Å². The third kappa shape index (κ3) is 16.5. The fourth-order valence-corrected chi connectivity index (χ4v) is 9.43. The number of nitrogens with two attached hydrogens (primary N) is 1. The summed E-state index contributed by atoms with van der Waals surface area (Å²) in [6.07, 6.45) is 6.49. The van der Waals surface area contributed by atoms with Crippen molar-refractivity contribution in [2.45, 2.75) is 81.2 Å². The molecule has 6 N–H and O–H groups in total. The highest BCUT2D eigenvalue weighted by Gasteiger charge is 2.41. The second-order valence-corrected chi connectivity index (χ2v) is 21.4. The number of urea groups is 1. The summed E-state index contributed by atoms with van der Waals surface area (Å²) in [5.74, 6) is -4.06. The van der Waals surface area contributed by atoms with Crippen molar-refractivity contribution in [1.82, 2.24) is 19.7 Å². The zero-order chi connectivity index (χ0) is 51.0. The lowest BCUT2D eigenvalue weighted by Crippen LogP contribution is -2.36. The summed E-state index contributed by atoms with van der Waals surface area (Å²) < 4.78 is 96.3. The maximum Gasteiger partial charge on any atom is 0.344 e. The lowest BCUT2D eigenvalue weighted by molar-refractivity contribution is -0.146. The summed E-state index contributed by atoms with van der Waals surface area (Å²) in [6.45, 7) is 4.47. The largest absolute Gasteiger partial charge is 0.481 e. The van der Waals surface area contributed by atoms with E-state index in [0.717, 1.165) is 55.3 Å². The van der Waals surface area contributed by atoms with Gasteiger partial charge in [0.2, 0.25) is 17.7 Å². The van der Waals surface area contributed by atoms with E-state index in [2.05, 4.69) is 20.3 Å². The van der Waals surface area contributed by atoms with Crippen molar-refractivity contribution < 1.29 is 78.7 Å². The van der Waals surface area contributed by atoms with Crippen molar-refractivity contribution >= 4 is 80.3 Å². The SMILES string of the molecule is CCCCCOC(=O)COc1cc(N2C(=O)C3=C(CCCC3)C2=O)c(F)cc1Cl.CCS(=O)(=O)c1cccnc1S(=O)(=O)NC(=O)Nc1nc(OC)cc(OC)n1.CP(=O)(O)CCC(N)C(=O)O. The zero-order valence-corrected chi connectivity index (χ0v) is 40.8. The van der Waals surface area contributed by atoms with Gasteiger partial charge in [-0.1, -0.05) is 38.3 Å². The number of hydrogen-bond acceptors (Lipinski definition) is 18. The molecule has 3 aromatic rings. The number of ether oxygens (including phenoxy) is 4. The maximum atomic E-state index is 14.5. The quantitative estimate of drug-likeness (QED) is 0.0486. The highest BCUT2D eigenvalue weighted by Crippen LogP contribution is 2.40. The average Bonchev–Trinajstić information content (AvgIpc) is 3.54. The molecule has 0 saturated carbocycles. The molecule has 0 bridgehead atoms. The molecule has 3 heterocycles. The zero-order valence-electron chi connectivity index (χ0n) is 37.5. The van der Waals surface area contributed by atoms with Crippen LogP contribution in [0.25, 0.3) is 0 Å². The highest BCUT2D eigenvalue weighted by atomic mass is 35.5. The van der Waals surface area contributed by atoms with Crippen LogP contribution < -0.4 is 34.9 Å². The minimum Gasteiger partial charge on any atom is -0.481 e. The number of amides is 4. The summed E-state index contributed by atoms with van der Waals surface area (Å²) >= 11 is 6.02. The first kappa shape index (κ1) is 56.5. The van der Waals surface area contributed by atoms with Crippen LogP contribution in [0.2, 0.25) is 5.02 Å². The molecule has 2 unspecified atom stereocenters. The van der Waals surface area contributed by atoms with Gasteiger partial charge in [0.15, 0.2) is 28.8 Å². The van der Waals surface area contributed by atoms with Crippen LogP contribution in [0.1, 0.15) is 65.2 Å². The molecule has 2 aromatic heterocycles. The minimum atomic E-state index is -4.61. The molecule has 2 atom stereocenters. The monoisotopic (exact) mass is 1040 g/mol. The number of esters is 1. The van der Waals surface area contributed by atoms with Gasteiger partial charge in [0.1, 0.15) is 22.5 Å². The third-order valence-corrected chi connectivity index (χ3v) is 14.0. The Labute approximate surface area is 396 Å². The number of carboxylic acid groups (broad SMARTS) is 1. The number of imide groups is 1. The number of nitrogens with zero attached hydrogens (tertiary/aromatic N) is 4. The number of carbonyl (C=O) groups excluding carboxylic acids is 4. The Bertz CT molecular complexity index is 2600. The lowest BCUT2D eigenvalue weighted by atomic mass is 9.93. The van der Waals surface area contributed by atoms with E-state index in [1.807, 2.05) is 6.92 Å². The number of nitrogens with one attached hydrogen (secondary N) is 2. The number of rotatable bonds is 19. The van der Waals surface area contributed by atoms with Crippen molar-refractivity contribution in [1.29, 1.82) is 0 Å². The fraction of sp³-hybridized carbons (Fsp3) is 0.450. The van der Waals surface area contributed by atoms with Crippen LogP contribution in [0, 0.1) is 5.82 Å². The molecule has 28 heteroatoms. The van der Waals surface area contributed by atoms with E-state index in [-0.39, 0.29) is 52.5 Å². The topological polar surface area (TPSA) is 340 Å². The van der Waals surface area contributed by atoms with Crippen LogP contribution in [0.5, 0.6) is 17.5 Å². The average molecular weight is 1040 g/mol. The van der Waals surface area contributed by atoms with E-state index in [1.165, 1.54) is 46.0 Å². The Morgan fingerprint density at radius 3 is 2.13 bits per heavy atom. The number of aliphatic carboxylic acids is 1. The third-order valence-electron chi connectivity index (χ3n) is 9.42. The van der Waals surface area contributed by atoms with Gasteiger partial charge in [-0.2, -0.15) is 18.4 Å². The summed E-state index contributed by atoms with van der Waals surface area (Å²) in [5, 5.41) is 9.52. The Morgan fingerprint density at radius 2 is 1.60 bits per heavy atom. The second kappa shape index (κ2) is 25.5. The number of carboxylic acids is 1. The van der Waals surface area contributed by atoms with Gasteiger partial charge in [0.05, 0.1) is 43.4 Å². The number of sulfonamides is 1. The van der Waals surface area contributed by atoms with E-state index < -0.39 is 85.4 Å². The van der Waals surface area contributed by atoms with E-state index in [4.69, 9.17) is 46.3 Å². The number of pyridine rings is 1. The summed E-state index contributed by atoms with van der Waals surface area (Å²) in [4.78, 5) is 79.6. The van der Waals surface area contributed by atoms with Gasteiger partial charge in [0.25, 0.3) is 21.8 Å². The molecule has 1 aliphatic carbocycles. The maximum absolute atomic E-state index is 14.5. The molecule has 1 aliphatic heterocycles. The Hall–Kier alpha value is -5.79. The van der Waals surface area contributed by atoms with E-state index in [0.29, 0.717) is 30.6 Å². The summed E-state index contributed by atoms with van der Waals surface area (Å²) in [6, 6.07) is 3.59. The Morgan fingerprint density at radius 1 is 1.00 bits per heavy atom. The fourth-order valence-electron chi connectivity index (χ4n) is 5.91. The molecule has 0 spiro atoms. The smallest absolute Gasteiger partial charge is 0.344 e. The van der Waals surface area contributed by atoms with Gasteiger partial charge < -0.3 is 34.7 Å². The number of sulfone groups is 1. The van der Waals surface area contributed by atoms with Crippen molar-refractivity contribution in [3.05, 3.63) is 58.5 Å². The van der Waals surface area contributed by atoms with Gasteiger partial charge >= 0.3 is 18.0 Å². The van der Waals surface area contributed by atoms with Gasteiger partial charge in [-0.3, -0.25) is 24.3 Å². The normalized spacial score (nSPS) is 14.8. The number of halogens is 2. The molecular weight excluding hydrogens is 984 g/mol. The molecule has 0 radical (unpaired) electrons. The minimum absolute atomic E-state index is 0.000883. The predicted molar refractivity (Wildman–Crippen MR) is 243 cm³/mol. The first-order valence-corrected chi connectivity index (χ1v) is 26.3. The van der Waals surface area contributed by atoms with Gasteiger partial charge in [-0.25, -0.2) is 37.0 Å². The van der Waals surface area contributed by atoms with Crippen LogP contribution in [0.3, 0.4) is 0 Å². The molecule has 0 fully saturated rings. The molecule has 4 amide bonds. The Balaban J connectivity index is 0.000000297. The number of unbranched alkanes of at least 4 members (excludes halogenated alkanes) is 2. The molecule has 0 saturated heterocycles. The molecule has 5 rings (SSSR count). The molecule has 374 valence electrons. The van der Waals surface area contributed by atoms with Crippen LogP contribution in [-0.2, 0) is 48.3 Å². The number of anilines is 2. The van der Waals surface area contributed by atoms with Crippen LogP contribution in [0.4, 0.5) is 20.8 Å². The number of carbonyl (C=O) groups is 5. The molecule has 2 aliphatic rings. The number of aromatic nitrogens is 3. The predicted octanol–water partition coefficient (Wildman–Crippen LogP) is 4.22. The summed E-state index contributed by atoms with van der Waals surface area (Å²) in [5.41, 5.74) is 5.77. The van der Waals surface area contributed by atoms with Gasteiger partial charge in [-0.15, -0.1) is 0 Å². The van der Waals surface area contributed by atoms with Crippen molar-refractivity contribution in [3.63, 3.8) is 0 Å². The van der Waals surface area contributed by atoms with E-state index in [1.54, 1.807) is 4.72 Å². The van der Waals surface area contributed by atoms with Crippen LogP contribution >= 0.6 is 19.0 Å². The first-order valence-electron chi connectivity index (χ1n) is 20.5. The first-order chi connectivity index (χ1) is 31.9. The van der Waals surface area contributed by atoms with E-state index >= 15 is 0 Å². The standard InChI is InChI=1S/C21H23ClFNO5.C14H17N5O7S2.C5H12NO4P/c1-2-3-6-9-28-19(25)12-29-18-11-17(16(23)10-15(18)22)24-20(26)13-7-4-5-8-14(13)21(24)27;1-4-27(21,22)9-6-5-7-15-12(9)28(23,24)19-14(20)18-13-16-10(25-2)8-11(17-13)26-3;1-11(9,10)3-2-4(6)5(7)8/h10-11H,2-9,12H2,1H3;5-8H,4H2,1-3H3,(H2,16,17,18,19,20);4H,2-3,6H2,1H3,(H,7,8)(H,9,10). The van der Waals surface area contributed by atoms with Gasteiger partial charge in [-0.05, 0) is 56.7 Å². The Kier molecular flexibility index (Phi) is 21.2. The van der Waals surface area contributed by atoms with Crippen molar-refractivity contribution in [2.24, 2.45) is 5.73 Å². The van der Waals surface area contributed by atoms with Crippen molar-refractivity contribution in [2.75, 3.05) is 56.2 Å². The second-order valence-electron chi connectivity index (χ2n) is 14.6. The highest BCUT2D eigenvalue weighted by molar-refractivity contribution is 7.93. The molecule has 1 aromatic carbocycles. The van der Waals surface area contributed by atoms with Crippen LogP contribution in [0.15, 0.2) is 57.6 Å². The number of benzene rings is 1. The lowest BCUT2D eigenvalue weighted by Gasteiger charge is -2.18. The number of methoxy groups -OCH3 is 2. The van der Waals surface area contributed by atoms with Gasteiger partial charge in [0, 0.05) is 36.2 Å². The number of hydrogen-bond donors (Lipinski definition) is 5. The molecular formula is C40H52ClFN7O16PS2. The van der Waals surface area contributed by atoms with Crippen molar-refractivity contribution in [3.8, 4) is 17.5 Å². The molecule has 23 nitrogen and oxygen atoms in total. The summed E-state index contributed by atoms with van der Waals surface area (Å²) in [7, 11) is -8.95. The van der Waals surface area contributed by atoms with Crippen LogP contribution in [-0.4, -0.2) is 124 Å².